The van der Waals surface area contributed by atoms with Gasteiger partial charge < -0.3 is 4.43 Å². The number of carbonyl (C=O) groups excluding carboxylic acids is 1. The van der Waals surface area contributed by atoms with E-state index in [0.717, 1.165) is 16.8 Å². The van der Waals surface area contributed by atoms with E-state index in [-0.39, 0.29) is 21.6 Å². The number of H-pyrrole nitrogens is 1. The zero-order valence-corrected chi connectivity index (χ0v) is 21.7. The molecule has 1 amide bonds. The fraction of sp³-hybridized carbons (Fsp3) is 0.308. The second-order valence-electron chi connectivity index (χ2n) is 9.76. The largest absolute Gasteiger partial charge is 0.424 e. The molecule has 1 aromatic heterocycles. The lowest BCUT2D eigenvalue weighted by Gasteiger charge is -2.43. The van der Waals surface area contributed by atoms with Gasteiger partial charge in [-0.15, -0.1) is 4.58 Å². The van der Waals surface area contributed by atoms with E-state index in [1.54, 1.807) is 18.0 Å². The molecule has 2 atom stereocenters. The van der Waals surface area contributed by atoms with Crippen molar-refractivity contribution in [2.24, 2.45) is 0 Å². The number of aromatic nitrogens is 3. The number of nitrogens with one attached hydrogen (secondary N) is 1. The molecule has 3 aromatic rings. The Bertz CT molecular complexity index is 1210. The van der Waals surface area contributed by atoms with E-state index in [4.69, 9.17) is 4.43 Å². The number of rotatable bonds is 6. The summed E-state index contributed by atoms with van der Waals surface area (Å²) in [4.78, 5) is 12.9. The van der Waals surface area contributed by atoms with E-state index in [0.29, 0.717) is 6.61 Å². The van der Waals surface area contributed by atoms with Gasteiger partial charge in [-0.2, -0.15) is 15.4 Å². The first-order chi connectivity index (χ1) is 16.3. The number of benzene rings is 2. The Morgan fingerprint density at radius 3 is 2.24 bits per heavy atom. The number of hydrogen-bond donors (Lipinski definition) is 1. The normalized spacial score (nSPS) is 21.6. The fourth-order valence-electron chi connectivity index (χ4n) is 5.00. The summed E-state index contributed by atoms with van der Waals surface area (Å²) in [6, 6.07) is 21.3. The lowest BCUT2D eigenvalue weighted by Crippen LogP contribution is -2.67. The number of hydrogen-bond acceptors (Lipinski definition) is 5. The second-order valence-corrected chi connectivity index (χ2v) is 15.4. The number of nitrogens with zero attached hydrogens (tertiary/aromatic N) is 3. The Hall–Kier alpha value is -2.81. The molecular weight excluding hydrogens is 460 g/mol. The first kappa shape index (κ1) is 23.0. The standard InChI is InChI=1S/C26H28N4O2SSi/c1-18(22-15-27-29-28-22)23-24(31)30-16-19(33-25(23)30)17-32-34(26(2,3)4,20-11-7-5-8-12-20)21-13-9-6-10-14-21/h5-16,19,25H,17H2,1-4H3/p+1/t19?,25-/m1/s1. The minimum atomic E-state index is -2.61. The summed E-state index contributed by atoms with van der Waals surface area (Å²) < 4.78 is 8.92. The number of amides is 1. The predicted octanol–water partition coefficient (Wildman–Crippen LogP) is 3.22. The van der Waals surface area contributed by atoms with E-state index >= 15 is 0 Å². The molecular formula is C26H29N4O2SSi+. The first-order valence-corrected chi connectivity index (χ1v) is 14.3. The molecule has 8 heteroatoms. The van der Waals surface area contributed by atoms with Crippen LogP contribution in [0.4, 0.5) is 0 Å². The summed E-state index contributed by atoms with van der Waals surface area (Å²) in [6.07, 6.45) is 3.69. The smallest absolute Gasteiger partial charge is 0.406 e. The Labute approximate surface area is 205 Å². The lowest BCUT2D eigenvalue weighted by atomic mass is 10.00. The monoisotopic (exact) mass is 489 g/mol. The highest BCUT2D eigenvalue weighted by atomic mass is 32.2. The van der Waals surface area contributed by atoms with E-state index < -0.39 is 8.32 Å². The van der Waals surface area contributed by atoms with Gasteiger partial charge in [-0.1, -0.05) is 93.2 Å². The summed E-state index contributed by atoms with van der Waals surface area (Å²) in [5.74, 6) is 0.0472. The van der Waals surface area contributed by atoms with E-state index in [9.17, 15) is 4.79 Å². The van der Waals surface area contributed by atoms with Crippen molar-refractivity contribution < 1.29 is 13.8 Å². The van der Waals surface area contributed by atoms with Crippen LogP contribution in [0.15, 0.2) is 72.4 Å². The molecule has 0 radical (unpaired) electrons. The number of fused-ring (bicyclic) bond motifs is 1. The highest BCUT2D eigenvalue weighted by Crippen LogP contribution is 2.42. The van der Waals surface area contributed by atoms with Crippen molar-refractivity contribution in [2.75, 3.05) is 6.61 Å². The van der Waals surface area contributed by atoms with Crippen LogP contribution in [0.1, 0.15) is 33.4 Å². The maximum atomic E-state index is 12.9. The topological polar surface area (TPSA) is 70.9 Å². The predicted molar refractivity (Wildman–Crippen MR) is 139 cm³/mol. The van der Waals surface area contributed by atoms with Gasteiger partial charge in [0.2, 0.25) is 5.37 Å². The molecule has 6 nitrogen and oxygen atoms in total. The molecule has 5 rings (SSSR count). The van der Waals surface area contributed by atoms with Gasteiger partial charge in [0.05, 0.1) is 12.8 Å². The zero-order valence-electron chi connectivity index (χ0n) is 19.9. The van der Waals surface area contributed by atoms with Gasteiger partial charge in [-0.25, -0.2) is 4.79 Å². The molecule has 1 fully saturated rings. The molecule has 174 valence electrons. The molecule has 1 unspecified atom stereocenters. The highest BCUT2D eigenvalue weighted by Gasteiger charge is 2.57. The Morgan fingerprint density at radius 2 is 1.71 bits per heavy atom. The van der Waals surface area contributed by atoms with Crippen molar-refractivity contribution in [2.45, 2.75) is 43.4 Å². The van der Waals surface area contributed by atoms with Gasteiger partial charge in [0.1, 0.15) is 10.9 Å². The van der Waals surface area contributed by atoms with Crippen molar-refractivity contribution in [1.82, 2.24) is 15.4 Å². The summed E-state index contributed by atoms with van der Waals surface area (Å²) in [6.45, 7) is 9.33. The van der Waals surface area contributed by atoms with Crippen molar-refractivity contribution >= 4 is 48.1 Å². The van der Waals surface area contributed by atoms with Crippen molar-refractivity contribution in [1.29, 1.82) is 0 Å². The first-order valence-electron chi connectivity index (χ1n) is 11.5. The Balaban J connectivity index is 1.44. The molecule has 1 N–H and O–H groups in total. The second kappa shape index (κ2) is 8.76. The third kappa shape index (κ3) is 3.70. The molecule has 1 saturated heterocycles. The van der Waals surface area contributed by atoms with E-state index in [2.05, 4.69) is 96.8 Å². The minimum Gasteiger partial charge on any atom is -0.406 e. The van der Waals surface area contributed by atoms with Crippen LogP contribution in [0, 0.1) is 0 Å². The third-order valence-electron chi connectivity index (χ3n) is 6.68. The number of allylic oxidation sites excluding steroid dienone is 1. The number of carbonyl (C=O) groups is 1. The van der Waals surface area contributed by atoms with Crippen LogP contribution in [-0.2, 0) is 9.22 Å². The average molecular weight is 490 g/mol. The molecule has 0 spiro atoms. The highest BCUT2D eigenvalue weighted by molar-refractivity contribution is 8.01. The van der Waals surface area contributed by atoms with Crippen LogP contribution in [0.2, 0.25) is 5.04 Å². The average Bonchev–Trinajstić information content (AvgIpc) is 3.49. The van der Waals surface area contributed by atoms with Crippen LogP contribution in [0.5, 0.6) is 0 Å². The molecule has 2 aliphatic rings. The molecule has 0 saturated carbocycles. The molecule has 2 aromatic carbocycles. The summed E-state index contributed by atoms with van der Waals surface area (Å²) in [5.41, 5.74) is 2.41. The molecule has 0 bridgehead atoms. The van der Waals surface area contributed by atoms with Crippen LogP contribution in [0.3, 0.4) is 0 Å². The number of β-lactam (4-membered cyclic amide) rings is 1. The molecule has 34 heavy (non-hydrogen) atoms. The van der Waals surface area contributed by atoms with Gasteiger partial charge in [-0.3, -0.25) is 0 Å². The van der Waals surface area contributed by atoms with Crippen LogP contribution >= 0.6 is 11.8 Å². The molecule has 2 aliphatic heterocycles. The zero-order chi connectivity index (χ0) is 23.9. The summed E-state index contributed by atoms with van der Waals surface area (Å²) in [5, 5.41) is 13.2. The van der Waals surface area contributed by atoms with Gasteiger partial charge in [-0.05, 0) is 27.9 Å². The van der Waals surface area contributed by atoms with Crippen LogP contribution in [-0.4, -0.2) is 57.7 Å². The van der Waals surface area contributed by atoms with Crippen molar-refractivity contribution in [3.05, 3.63) is 78.1 Å². The molecule has 0 aliphatic carbocycles. The maximum Gasteiger partial charge on any atom is 0.424 e. The van der Waals surface area contributed by atoms with Gasteiger partial charge in [0.15, 0.2) is 11.8 Å². The Morgan fingerprint density at radius 1 is 1.09 bits per heavy atom. The van der Waals surface area contributed by atoms with Crippen LogP contribution < -0.4 is 10.4 Å². The van der Waals surface area contributed by atoms with Crippen molar-refractivity contribution in [3.63, 3.8) is 0 Å². The SMILES string of the molecule is CC(=C1C(=O)[N+]2=CC(CO[Si](c3ccccc3)(c3ccccc3)C(C)(C)C)S[C@H]12)c1cn[nH]n1. The fourth-order valence-corrected chi connectivity index (χ4v) is 11.1. The summed E-state index contributed by atoms with van der Waals surface area (Å²) >= 11 is 1.77. The minimum absolute atomic E-state index is 0.0111. The number of thioether (sulfide) groups is 1. The van der Waals surface area contributed by atoms with Gasteiger partial charge >= 0.3 is 5.91 Å². The third-order valence-corrected chi connectivity index (χ3v) is 13.0. The van der Waals surface area contributed by atoms with Crippen LogP contribution in [0.25, 0.3) is 5.57 Å². The maximum absolute atomic E-state index is 12.9. The van der Waals surface area contributed by atoms with Crippen molar-refractivity contribution in [3.8, 4) is 0 Å². The lowest BCUT2D eigenvalue weighted by molar-refractivity contribution is -0.474. The van der Waals surface area contributed by atoms with E-state index in [1.807, 2.05) is 17.7 Å². The van der Waals surface area contributed by atoms with E-state index in [1.165, 1.54) is 10.4 Å². The quantitative estimate of drug-likeness (QED) is 0.249. The molecule has 3 heterocycles. The summed E-state index contributed by atoms with van der Waals surface area (Å²) in [7, 11) is -2.61. The Kier molecular flexibility index (Phi) is 5.91. The van der Waals surface area contributed by atoms with Gasteiger partial charge in [0.25, 0.3) is 8.32 Å². The number of aromatic amines is 1. The van der Waals surface area contributed by atoms with Gasteiger partial charge in [0, 0.05) is 0 Å².